The lowest BCUT2D eigenvalue weighted by atomic mass is 10.2. The van der Waals surface area contributed by atoms with Crippen LogP contribution in [0.5, 0.6) is 0 Å². The van der Waals surface area contributed by atoms with E-state index in [1.54, 1.807) is 24.0 Å². The Balaban J connectivity index is 1.72. The minimum absolute atomic E-state index is 0.227. The standard InChI is InChI=1S/C18H25N9O2/c1-25(3-6-28-2)12-15-23-17-16(26-4-7-29-8-5-26)22-14(11-27(17)24-15)13-9-20-18(19)21-10-13/h9-11H,3-8,12H2,1-2H3,(H2,19,20,21). The number of nitrogens with zero attached hydrogens (tertiary/aromatic N) is 8. The molecule has 0 amide bonds. The quantitative estimate of drug-likeness (QED) is 0.585. The van der Waals surface area contributed by atoms with E-state index in [0.29, 0.717) is 32.1 Å². The molecular formula is C18H25N9O2. The summed E-state index contributed by atoms with van der Waals surface area (Å²) in [4.78, 5) is 22.1. The number of rotatable bonds is 7. The molecule has 0 aromatic carbocycles. The zero-order valence-electron chi connectivity index (χ0n) is 16.7. The Kier molecular flexibility index (Phi) is 5.79. The Hall–Kier alpha value is -2.89. The molecule has 29 heavy (non-hydrogen) atoms. The number of hydrogen-bond acceptors (Lipinski definition) is 10. The number of likely N-dealkylation sites (N-methyl/N-ethyl adjacent to an activating group) is 1. The van der Waals surface area contributed by atoms with Crippen LogP contribution in [-0.2, 0) is 16.0 Å². The van der Waals surface area contributed by atoms with E-state index >= 15 is 0 Å². The SMILES string of the molecule is COCCN(C)Cc1nc2c(N3CCOCC3)nc(-c3cnc(N)nc3)cn2n1. The summed E-state index contributed by atoms with van der Waals surface area (Å²) in [6.45, 7) is 4.89. The molecule has 4 rings (SSSR count). The summed E-state index contributed by atoms with van der Waals surface area (Å²) in [6.07, 6.45) is 5.17. The first-order valence-corrected chi connectivity index (χ1v) is 9.48. The van der Waals surface area contributed by atoms with Gasteiger partial charge in [0.15, 0.2) is 17.3 Å². The van der Waals surface area contributed by atoms with Crippen molar-refractivity contribution in [3.8, 4) is 11.3 Å². The van der Waals surface area contributed by atoms with Crippen LogP contribution in [0, 0.1) is 0 Å². The number of morpholine rings is 1. The van der Waals surface area contributed by atoms with Gasteiger partial charge in [-0.2, -0.15) is 0 Å². The zero-order chi connectivity index (χ0) is 20.2. The number of aromatic nitrogens is 6. The largest absolute Gasteiger partial charge is 0.383 e. The predicted molar refractivity (Wildman–Crippen MR) is 107 cm³/mol. The Morgan fingerprint density at radius 3 is 2.69 bits per heavy atom. The second-order valence-electron chi connectivity index (χ2n) is 6.91. The van der Waals surface area contributed by atoms with Gasteiger partial charge in [-0.3, -0.25) is 4.90 Å². The molecule has 1 saturated heterocycles. The lowest BCUT2D eigenvalue weighted by Crippen LogP contribution is -2.37. The molecule has 1 aliphatic rings. The third-order valence-electron chi connectivity index (χ3n) is 4.71. The maximum absolute atomic E-state index is 5.62. The molecule has 0 atom stereocenters. The molecular weight excluding hydrogens is 374 g/mol. The third-order valence-corrected chi connectivity index (χ3v) is 4.71. The van der Waals surface area contributed by atoms with Crippen molar-refractivity contribution >= 4 is 17.4 Å². The van der Waals surface area contributed by atoms with Crippen LogP contribution in [0.4, 0.5) is 11.8 Å². The van der Waals surface area contributed by atoms with Crippen LogP contribution < -0.4 is 10.6 Å². The molecule has 11 heteroatoms. The first-order valence-electron chi connectivity index (χ1n) is 9.48. The molecule has 2 N–H and O–H groups in total. The maximum atomic E-state index is 5.62. The second kappa shape index (κ2) is 8.64. The number of ether oxygens (including phenoxy) is 2. The third kappa shape index (κ3) is 4.42. The average molecular weight is 399 g/mol. The highest BCUT2D eigenvalue weighted by molar-refractivity contribution is 5.69. The lowest BCUT2D eigenvalue weighted by Gasteiger charge is -2.28. The van der Waals surface area contributed by atoms with Gasteiger partial charge in [-0.1, -0.05) is 0 Å². The van der Waals surface area contributed by atoms with Crippen molar-refractivity contribution in [3.05, 3.63) is 24.4 Å². The van der Waals surface area contributed by atoms with E-state index in [4.69, 9.17) is 25.2 Å². The molecule has 3 aromatic heterocycles. The summed E-state index contributed by atoms with van der Waals surface area (Å²) < 4.78 is 12.4. The van der Waals surface area contributed by atoms with Crippen LogP contribution in [0.3, 0.4) is 0 Å². The van der Waals surface area contributed by atoms with E-state index in [2.05, 4.69) is 24.9 Å². The first kappa shape index (κ1) is 19.4. The molecule has 1 fully saturated rings. The maximum Gasteiger partial charge on any atom is 0.219 e. The number of hydrogen-bond donors (Lipinski definition) is 1. The molecule has 0 unspecified atom stereocenters. The van der Waals surface area contributed by atoms with Crippen molar-refractivity contribution in [2.24, 2.45) is 0 Å². The van der Waals surface area contributed by atoms with Gasteiger partial charge in [0.2, 0.25) is 5.95 Å². The van der Waals surface area contributed by atoms with E-state index in [1.165, 1.54) is 0 Å². The van der Waals surface area contributed by atoms with Crippen LogP contribution in [0.1, 0.15) is 5.82 Å². The van der Waals surface area contributed by atoms with Crippen LogP contribution in [0.2, 0.25) is 0 Å². The van der Waals surface area contributed by atoms with Gasteiger partial charge in [-0.25, -0.2) is 24.5 Å². The summed E-state index contributed by atoms with van der Waals surface area (Å²) in [6, 6.07) is 0. The molecule has 0 spiro atoms. The summed E-state index contributed by atoms with van der Waals surface area (Å²) in [5, 5.41) is 4.68. The number of anilines is 2. The zero-order valence-corrected chi connectivity index (χ0v) is 16.7. The Bertz CT molecular complexity index is 954. The van der Waals surface area contributed by atoms with E-state index < -0.39 is 0 Å². The summed E-state index contributed by atoms with van der Waals surface area (Å²) >= 11 is 0. The van der Waals surface area contributed by atoms with Crippen molar-refractivity contribution in [3.63, 3.8) is 0 Å². The van der Waals surface area contributed by atoms with Crippen molar-refractivity contribution in [1.29, 1.82) is 0 Å². The minimum Gasteiger partial charge on any atom is -0.383 e. The smallest absolute Gasteiger partial charge is 0.219 e. The molecule has 0 radical (unpaired) electrons. The van der Waals surface area contributed by atoms with Crippen LogP contribution in [-0.4, -0.2) is 88.1 Å². The summed E-state index contributed by atoms with van der Waals surface area (Å²) in [5.41, 5.74) is 7.82. The Morgan fingerprint density at radius 1 is 1.21 bits per heavy atom. The minimum atomic E-state index is 0.227. The highest BCUT2D eigenvalue weighted by atomic mass is 16.5. The highest BCUT2D eigenvalue weighted by Gasteiger charge is 2.20. The molecule has 11 nitrogen and oxygen atoms in total. The van der Waals surface area contributed by atoms with Crippen molar-refractivity contribution < 1.29 is 9.47 Å². The monoisotopic (exact) mass is 399 g/mol. The van der Waals surface area contributed by atoms with Gasteiger partial charge >= 0.3 is 0 Å². The Labute approximate surface area is 168 Å². The van der Waals surface area contributed by atoms with Gasteiger partial charge in [0.05, 0.1) is 38.3 Å². The summed E-state index contributed by atoms with van der Waals surface area (Å²) in [7, 11) is 3.71. The number of nitrogen functional groups attached to an aromatic ring is 1. The van der Waals surface area contributed by atoms with Crippen LogP contribution in [0.15, 0.2) is 18.6 Å². The Morgan fingerprint density at radius 2 is 1.97 bits per heavy atom. The highest BCUT2D eigenvalue weighted by Crippen LogP contribution is 2.24. The van der Waals surface area contributed by atoms with Gasteiger partial charge < -0.3 is 20.1 Å². The summed E-state index contributed by atoms with van der Waals surface area (Å²) in [5.74, 6) is 1.73. The van der Waals surface area contributed by atoms with Gasteiger partial charge in [0.1, 0.15) is 0 Å². The second-order valence-corrected chi connectivity index (χ2v) is 6.91. The van der Waals surface area contributed by atoms with E-state index in [-0.39, 0.29) is 5.95 Å². The molecule has 0 bridgehead atoms. The van der Waals surface area contributed by atoms with E-state index in [0.717, 1.165) is 42.5 Å². The molecule has 3 aromatic rings. The predicted octanol–water partition coefficient (Wildman–Crippen LogP) is 0.0783. The molecule has 1 aliphatic heterocycles. The number of methoxy groups -OCH3 is 1. The van der Waals surface area contributed by atoms with Crippen molar-refractivity contribution in [2.75, 3.05) is 64.2 Å². The van der Waals surface area contributed by atoms with Crippen molar-refractivity contribution in [2.45, 2.75) is 6.54 Å². The first-order chi connectivity index (χ1) is 14.1. The lowest BCUT2D eigenvalue weighted by molar-refractivity contribution is 0.122. The molecule has 4 heterocycles. The fourth-order valence-electron chi connectivity index (χ4n) is 3.15. The van der Waals surface area contributed by atoms with Gasteiger partial charge in [-0.05, 0) is 7.05 Å². The average Bonchev–Trinajstić information content (AvgIpc) is 3.15. The molecule has 0 saturated carbocycles. The van der Waals surface area contributed by atoms with E-state index in [9.17, 15) is 0 Å². The van der Waals surface area contributed by atoms with E-state index in [1.807, 2.05) is 13.2 Å². The normalized spacial score (nSPS) is 14.8. The molecule has 0 aliphatic carbocycles. The van der Waals surface area contributed by atoms with Gasteiger partial charge in [-0.15, -0.1) is 5.10 Å². The van der Waals surface area contributed by atoms with Crippen LogP contribution >= 0.6 is 0 Å². The van der Waals surface area contributed by atoms with Crippen LogP contribution in [0.25, 0.3) is 16.9 Å². The number of nitrogens with two attached hydrogens (primary N) is 1. The fourth-order valence-corrected chi connectivity index (χ4v) is 3.15. The fraction of sp³-hybridized carbons (Fsp3) is 0.500. The van der Waals surface area contributed by atoms with Crippen molar-refractivity contribution in [1.82, 2.24) is 34.4 Å². The van der Waals surface area contributed by atoms with Gasteiger partial charge in [0.25, 0.3) is 0 Å². The topological polar surface area (TPSA) is 120 Å². The van der Waals surface area contributed by atoms with Gasteiger partial charge in [0, 0.05) is 44.7 Å². The molecule has 154 valence electrons. The number of fused-ring (bicyclic) bond motifs is 1.